The van der Waals surface area contributed by atoms with Crippen LogP contribution in [0.25, 0.3) is 44.3 Å². The topological polar surface area (TPSA) is 95.5 Å². The molecule has 0 bridgehead atoms. The molecule has 7 rings (SSSR count). The molecule has 4 aromatic heterocycles. The van der Waals surface area contributed by atoms with Gasteiger partial charge in [-0.15, -0.1) is 0 Å². The predicted molar refractivity (Wildman–Crippen MR) is 144 cm³/mol. The molecule has 1 aliphatic heterocycles. The lowest BCUT2D eigenvalue weighted by Crippen LogP contribution is -2.63. The lowest BCUT2D eigenvalue weighted by atomic mass is 9.60. The van der Waals surface area contributed by atoms with Gasteiger partial charge in [0.05, 0.1) is 40.2 Å². The number of hydrogen-bond donors (Lipinski definition) is 2. The van der Waals surface area contributed by atoms with E-state index in [1.165, 1.54) is 6.08 Å². The average molecular weight is 512 g/mol. The Morgan fingerprint density at radius 1 is 1.19 bits per heavy atom. The van der Waals surface area contributed by atoms with Crippen molar-refractivity contribution < 1.29 is 4.79 Å². The van der Waals surface area contributed by atoms with Crippen LogP contribution in [0.4, 0.5) is 0 Å². The van der Waals surface area contributed by atoms with Gasteiger partial charge in [-0.3, -0.25) is 19.6 Å². The Hall–Kier alpha value is -3.91. The Morgan fingerprint density at radius 2 is 2.00 bits per heavy atom. The Labute approximate surface area is 218 Å². The fourth-order valence-corrected chi connectivity index (χ4v) is 6.58. The number of carbonyl (C=O) groups excluding carboxylic acids is 1. The molecule has 186 valence electrons. The Kier molecular flexibility index (Phi) is 4.70. The zero-order valence-electron chi connectivity index (χ0n) is 20.7. The van der Waals surface area contributed by atoms with Gasteiger partial charge in [-0.2, -0.15) is 10.2 Å². The highest BCUT2D eigenvalue weighted by atomic mass is 35.5. The van der Waals surface area contributed by atoms with Crippen molar-refractivity contribution in [3.05, 3.63) is 65.7 Å². The van der Waals surface area contributed by atoms with Gasteiger partial charge in [0.25, 0.3) is 0 Å². The highest BCUT2D eigenvalue weighted by Crippen LogP contribution is 2.55. The molecule has 1 saturated heterocycles. The maximum absolute atomic E-state index is 12.0. The van der Waals surface area contributed by atoms with E-state index in [9.17, 15) is 4.79 Å². The molecule has 1 amide bonds. The molecule has 2 fully saturated rings. The number of nitrogens with zero attached hydrogens (tertiary/aromatic N) is 5. The number of amides is 1. The van der Waals surface area contributed by atoms with Crippen molar-refractivity contribution >= 4 is 39.3 Å². The van der Waals surface area contributed by atoms with E-state index in [0.29, 0.717) is 5.02 Å². The summed E-state index contributed by atoms with van der Waals surface area (Å²) in [5.41, 5.74) is 7.89. The number of hydrogen-bond acceptors (Lipinski definition) is 4. The Bertz CT molecular complexity index is 1700. The number of aromatic nitrogens is 6. The van der Waals surface area contributed by atoms with Crippen LogP contribution in [0.3, 0.4) is 0 Å². The van der Waals surface area contributed by atoms with Gasteiger partial charge in [-0.25, -0.2) is 0 Å². The first kappa shape index (κ1) is 22.3. The first-order valence-electron chi connectivity index (χ1n) is 12.4. The molecule has 9 heteroatoms. The van der Waals surface area contributed by atoms with Gasteiger partial charge in [0, 0.05) is 52.3 Å². The van der Waals surface area contributed by atoms with Crippen LogP contribution >= 0.6 is 11.6 Å². The molecule has 1 saturated carbocycles. The molecule has 5 heterocycles. The van der Waals surface area contributed by atoms with Crippen LogP contribution in [0.1, 0.15) is 30.1 Å². The van der Waals surface area contributed by atoms with Gasteiger partial charge in [-0.05, 0) is 56.5 Å². The van der Waals surface area contributed by atoms with Crippen LogP contribution in [0.2, 0.25) is 5.02 Å². The highest BCUT2D eigenvalue weighted by Gasteiger charge is 2.54. The number of fused-ring (bicyclic) bond motifs is 2. The van der Waals surface area contributed by atoms with Crippen molar-refractivity contribution in [1.29, 1.82) is 0 Å². The minimum absolute atomic E-state index is 0.0143. The SMILES string of the molecule is C=CC(=O)N1CC2(CC(n3nc(-c4cc5ccncc5[nH]4)c(-c4c(Cl)c(C)cc5[nH]ncc45)c3C)C2)C1. The summed E-state index contributed by atoms with van der Waals surface area (Å²) in [4.78, 5) is 21.6. The van der Waals surface area contributed by atoms with E-state index in [0.717, 1.165) is 81.5 Å². The molecule has 0 unspecified atom stereocenters. The summed E-state index contributed by atoms with van der Waals surface area (Å²) in [5, 5.41) is 15.4. The number of carbonyl (C=O) groups is 1. The van der Waals surface area contributed by atoms with Crippen molar-refractivity contribution in [3.8, 4) is 22.5 Å². The largest absolute Gasteiger partial charge is 0.352 e. The second-order valence-electron chi connectivity index (χ2n) is 10.6. The lowest BCUT2D eigenvalue weighted by Gasteiger charge is -2.58. The van der Waals surface area contributed by atoms with Crippen LogP contribution in [-0.4, -0.2) is 53.8 Å². The summed E-state index contributed by atoms with van der Waals surface area (Å²) < 4.78 is 2.17. The van der Waals surface area contributed by atoms with E-state index in [1.807, 2.05) is 36.4 Å². The second-order valence-corrected chi connectivity index (χ2v) is 11.0. The quantitative estimate of drug-likeness (QED) is 0.307. The first-order valence-corrected chi connectivity index (χ1v) is 12.8. The van der Waals surface area contributed by atoms with Gasteiger partial charge in [-0.1, -0.05) is 18.2 Å². The van der Waals surface area contributed by atoms with Gasteiger partial charge in [0.15, 0.2) is 0 Å². The zero-order valence-corrected chi connectivity index (χ0v) is 21.4. The number of halogens is 1. The number of aromatic amines is 2. The van der Waals surface area contributed by atoms with E-state index in [-0.39, 0.29) is 17.4 Å². The number of H-pyrrole nitrogens is 2. The van der Waals surface area contributed by atoms with Crippen molar-refractivity contribution in [2.45, 2.75) is 32.7 Å². The Balaban J connectivity index is 1.36. The summed E-state index contributed by atoms with van der Waals surface area (Å²) in [6.45, 7) is 9.35. The highest BCUT2D eigenvalue weighted by molar-refractivity contribution is 6.36. The van der Waals surface area contributed by atoms with Crippen molar-refractivity contribution in [2.75, 3.05) is 13.1 Å². The standard InChI is InChI=1S/C28H26ClN7O/c1-4-23(37)35-13-28(14-35)9-18(10-28)36-16(3)24(25-19-11-31-33-20(19)7-15(2)26(25)29)27(34-36)21-8-17-5-6-30-12-22(17)32-21/h4-8,11-12,18,32H,1,9-10,13-14H2,2-3H3,(H,31,33). The molecule has 1 aliphatic carbocycles. The summed E-state index contributed by atoms with van der Waals surface area (Å²) in [7, 11) is 0. The van der Waals surface area contributed by atoms with Gasteiger partial charge < -0.3 is 9.88 Å². The first-order chi connectivity index (χ1) is 17.9. The van der Waals surface area contributed by atoms with Crippen LogP contribution in [-0.2, 0) is 4.79 Å². The second kappa shape index (κ2) is 7.79. The Morgan fingerprint density at radius 3 is 2.76 bits per heavy atom. The van der Waals surface area contributed by atoms with Gasteiger partial charge in [0.1, 0.15) is 5.69 Å². The molecule has 1 spiro atoms. The minimum Gasteiger partial charge on any atom is -0.352 e. The van der Waals surface area contributed by atoms with Gasteiger partial charge >= 0.3 is 0 Å². The lowest BCUT2D eigenvalue weighted by molar-refractivity contribution is -0.149. The monoisotopic (exact) mass is 511 g/mol. The van der Waals surface area contributed by atoms with Crippen LogP contribution in [0.15, 0.2) is 49.4 Å². The van der Waals surface area contributed by atoms with E-state index < -0.39 is 0 Å². The molecule has 0 radical (unpaired) electrons. The molecule has 37 heavy (non-hydrogen) atoms. The van der Waals surface area contributed by atoms with Crippen molar-refractivity contribution in [3.63, 3.8) is 0 Å². The fraction of sp³-hybridized carbons (Fsp3) is 0.286. The number of benzene rings is 1. The van der Waals surface area contributed by atoms with Crippen LogP contribution in [0.5, 0.6) is 0 Å². The molecule has 2 N–H and O–H groups in total. The van der Waals surface area contributed by atoms with E-state index in [1.54, 1.807) is 6.20 Å². The third kappa shape index (κ3) is 3.21. The van der Waals surface area contributed by atoms with Gasteiger partial charge in [0.2, 0.25) is 5.91 Å². The molecular weight excluding hydrogens is 486 g/mol. The number of rotatable bonds is 4. The fourth-order valence-electron chi connectivity index (χ4n) is 6.33. The maximum atomic E-state index is 12.0. The summed E-state index contributed by atoms with van der Waals surface area (Å²) in [6, 6.07) is 6.42. The smallest absolute Gasteiger partial charge is 0.245 e. The molecule has 1 aromatic carbocycles. The summed E-state index contributed by atoms with van der Waals surface area (Å²) in [6.07, 6.45) is 8.85. The van der Waals surface area contributed by atoms with Crippen LogP contribution < -0.4 is 0 Å². The third-order valence-electron chi connectivity index (χ3n) is 8.17. The van der Waals surface area contributed by atoms with Crippen LogP contribution in [0, 0.1) is 19.3 Å². The summed E-state index contributed by atoms with van der Waals surface area (Å²) >= 11 is 7.00. The van der Waals surface area contributed by atoms with E-state index >= 15 is 0 Å². The third-order valence-corrected chi connectivity index (χ3v) is 8.65. The van der Waals surface area contributed by atoms with E-state index in [4.69, 9.17) is 16.7 Å². The van der Waals surface area contributed by atoms with E-state index in [2.05, 4.69) is 44.4 Å². The number of nitrogens with one attached hydrogen (secondary N) is 2. The number of aryl methyl sites for hydroxylation is 1. The zero-order chi connectivity index (χ0) is 25.5. The van der Waals surface area contributed by atoms with Crippen molar-refractivity contribution in [1.82, 2.24) is 34.8 Å². The van der Waals surface area contributed by atoms with Crippen molar-refractivity contribution in [2.24, 2.45) is 5.41 Å². The average Bonchev–Trinajstić information content (AvgIpc) is 3.55. The number of pyridine rings is 1. The molecule has 0 atom stereocenters. The molecule has 5 aromatic rings. The molecule has 2 aliphatic rings. The minimum atomic E-state index is 0.0143. The normalized spacial score (nSPS) is 16.9. The molecule has 8 nitrogen and oxygen atoms in total. The molecular formula is C28H26ClN7O. The maximum Gasteiger partial charge on any atom is 0.245 e. The number of likely N-dealkylation sites (tertiary alicyclic amines) is 1. The predicted octanol–water partition coefficient (Wildman–Crippen LogP) is 5.59. The summed E-state index contributed by atoms with van der Waals surface area (Å²) in [5.74, 6) is 0.0143.